The van der Waals surface area contributed by atoms with E-state index in [-0.39, 0.29) is 5.92 Å². The molecule has 5 nitrogen and oxygen atoms in total. The van der Waals surface area contributed by atoms with Gasteiger partial charge in [-0.05, 0) is 43.1 Å². The van der Waals surface area contributed by atoms with Gasteiger partial charge in [0, 0.05) is 29.6 Å². The van der Waals surface area contributed by atoms with Crippen LogP contribution in [0, 0.1) is 11.8 Å². The molecular weight excluding hydrogens is 389 g/mol. The van der Waals surface area contributed by atoms with E-state index in [9.17, 15) is 4.39 Å². The summed E-state index contributed by atoms with van der Waals surface area (Å²) in [6.07, 6.45) is 8.62. The number of thiophene rings is 1. The zero-order valence-electron chi connectivity index (χ0n) is 16.7. The first kappa shape index (κ1) is 19.5. The fraction of sp³-hybridized carbons (Fsp3) is 0.318. The van der Waals surface area contributed by atoms with Gasteiger partial charge < -0.3 is 20.5 Å². The highest BCUT2D eigenvalue weighted by Crippen LogP contribution is 2.39. The van der Waals surface area contributed by atoms with Gasteiger partial charge in [0.05, 0.1) is 22.3 Å². The Hall–Kier alpha value is -2.80. The van der Waals surface area contributed by atoms with E-state index in [0.29, 0.717) is 29.5 Å². The molecule has 0 spiro atoms. The van der Waals surface area contributed by atoms with Crippen molar-refractivity contribution in [2.24, 2.45) is 17.6 Å². The molecule has 2 heterocycles. The first-order chi connectivity index (χ1) is 13.9. The van der Waals surface area contributed by atoms with E-state index in [4.69, 9.17) is 15.2 Å². The molecule has 2 atom stereocenters. The van der Waals surface area contributed by atoms with Crippen LogP contribution in [0.15, 0.2) is 65.3 Å². The summed E-state index contributed by atoms with van der Waals surface area (Å²) in [5.74, 6) is 1.63. The Labute approximate surface area is 173 Å². The number of rotatable bonds is 5. The van der Waals surface area contributed by atoms with Gasteiger partial charge in [-0.1, -0.05) is 13.8 Å². The minimum atomic E-state index is -0.415. The molecule has 0 amide bonds. The zero-order chi connectivity index (χ0) is 20.5. The second-order valence-corrected chi connectivity index (χ2v) is 8.57. The Balaban J connectivity index is 1.62. The largest absolute Gasteiger partial charge is 0.497 e. The van der Waals surface area contributed by atoms with Crippen LogP contribution in [0.2, 0.25) is 0 Å². The smallest absolute Gasteiger partial charge is 0.163 e. The normalized spacial score (nSPS) is 22.1. The van der Waals surface area contributed by atoms with Crippen LogP contribution in [0.3, 0.4) is 0 Å². The van der Waals surface area contributed by atoms with Gasteiger partial charge in [0.2, 0.25) is 0 Å². The van der Waals surface area contributed by atoms with Crippen molar-refractivity contribution in [2.75, 3.05) is 12.4 Å². The van der Waals surface area contributed by atoms with E-state index in [1.807, 2.05) is 19.1 Å². The molecule has 0 fully saturated rings. The molecule has 0 bridgehead atoms. The molecular formula is C22H24FN3O2S. The Bertz CT molecular complexity index is 1070. The van der Waals surface area contributed by atoms with Crippen LogP contribution in [-0.2, 0) is 4.74 Å². The number of fused-ring (bicyclic) bond motifs is 1. The number of allylic oxidation sites excluding steroid dienone is 7. The van der Waals surface area contributed by atoms with Crippen LogP contribution in [0.4, 0.5) is 9.39 Å². The predicted octanol–water partition coefficient (Wildman–Crippen LogP) is 5.60. The molecule has 7 heteroatoms. The molecule has 0 aromatic carbocycles. The fourth-order valence-electron chi connectivity index (χ4n) is 3.64. The maximum atomic E-state index is 14.4. The third kappa shape index (κ3) is 4.15. The lowest BCUT2D eigenvalue weighted by molar-refractivity contribution is 0.299. The number of ether oxygens (including phenoxy) is 2. The second-order valence-electron chi connectivity index (χ2n) is 7.52. The summed E-state index contributed by atoms with van der Waals surface area (Å²) in [4.78, 5) is 4.44. The number of pyridine rings is 1. The number of nitrogens with zero attached hydrogens (tertiary/aromatic N) is 1. The molecule has 3 N–H and O–H groups in total. The molecule has 2 aliphatic carbocycles. The average Bonchev–Trinajstić information content (AvgIpc) is 3.07. The van der Waals surface area contributed by atoms with E-state index in [1.165, 1.54) is 17.4 Å². The van der Waals surface area contributed by atoms with Crippen LogP contribution in [0.25, 0.3) is 10.2 Å². The fourth-order valence-corrected chi connectivity index (χ4v) is 4.64. The van der Waals surface area contributed by atoms with Crippen LogP contribution in [0.5, 0.6) is 5.75 Å². The quantitative estimate of drug-likeness (QED) is 0.667. The van der Waals surface area contributed by atoms with Gasteiger partial charge in [-0.3, -0.25) is 4.98 Å². The van der Waals surface area contributed by atoms with Crippen molar-refractivity contribution in [2.45, 2.75) is 26.7 Å². The highest BCUT2D eigenvalue weighted by Gasteiger charge is 2.23. The number of hydrogen-bond donors (Lipinski definition) is 2. The predicted molar refractivity (Wildman–Crippen MR) is 115 cm³/mol. The molecule has 152 valence electrons. The second kappa shape index (κ2) is 7.91. The zero-order valence-corrected chi connectivity index (χ0v) is 17.5. The summed E-state index contributed by atoms with van der Waals surface area (Å²) < 4.78 is 26.7. The number of nitrogens with two attached hydrogens (primary N) is 1. The van der Waals surface area contributed by atoms with Crippen LogP contribution < -0.4 is 15.8 Å². The average molecular weight is 414 g/mol. The maximum absolute atomic E-state index is 14.4. The molecule has 29 heavy (non-hydrogen) atoms. The Morgan fingerprint density at radius 2 is 2.10 bits per heavy atom. The van der Waals surface area contributed by atoms with Crippen molar-refractivity contribution in [3.63, 3.8) is 0 Å². The van der Waals surface area contributed by atoms with E-state index in [1.54, 1.807) is 19.4 Å². The first-order valence-corrected chi connectivity index (χ1v) is 10.4. The van der Waals surface area contributed by atoms with Crippen molar-refractivity contribution in [3.8, 4) is 5.75 Å². The Morgan fingerprint density at radius 1 is 1.28 bits per heavy atom. The number of hydrogen-bond acceptors (Lipinski definition) is 6. The molecule has 2 aromatic heterocycles. The lowest BCUT2D eigenvalue weighted by Gasteiger charge is -2.21. The molecule has 0 saturated carbocycles. The molecule has 2 aliphatic rings. The molecule has 2 aromatic rings. The van der Waals surface area contributed by atoms with Gasteiger partial charge in [0.1, 0.15) is 17.3 Å². The lowest BCUT2D eigenvalue weighted by atomic mass is 9.98. The topological polar surface area (TPSA) is 69.4 Å². The molecule has 4 rings (SSSR count). The summed E-state index contributed by atoms with van der Waals surface area (Å²) in [6.45, 7) is 4.06. The summed E-state index contributed by atoms with van der Waals surface area (Å²) >= 11 is 1.53. The van der Waals surface area contributed by atoms with Crippen LogP contribution in [0.1, 0.15) is 26.7 Å². The Morgan fingerprint density at radius 3 is 2.86 bits per heavy atom. The third-order valence-electron chi connectivity index (χ3n) is 4.96. The molecule has 0 saturated heterocycles. The summed E-state index contributed by atoms with van der Waals surface area (Å²) in [7, 11) is 1.67. The van der Waals surface area contributed by atoms with Crippen molar-refractivity contribution in [1.82, 2.24) is 4.98 Å². The first-order valence-electron chi connectivity index (χ1n) is 9.58. The third-order valence-corrected chi connectivity index (χ3v) is 6.01. The van der Waals surface area contributed by atoms with Gasteiger partial charge >= 0.3 is 0 Å². The number of methoxy groups -OCH3 is 1. The standard InChI is InChI=1S/C22H24FN3O2S/c1-12-6-15(10-16(7-12)27-3)26-20-11-18-22(29-20)19(4-5-25-18)28-21-13(2)8-14(24)9-17(21)23/h4-5,7,9-13,26H,6,8,24H2,1-3H3. The highest BCUT2D eigenvalue weighted by atomic mass is 32.1. The van der Waals surface area contributed by atoms with Crippen LogP contribution >= 0.6 is 11.3 Å². The molecule has 0 radical (unpaired) electrons. The van der Waals surface area contributed by atoms with E-state index < -0.39 is 5.83 Å². The minimum Gasteiger partial charge on any atom is -0.497 e. The van der Waals surface area contributed by atoms with E-state index in [0.717, 1.165) is 33.1 Å². The lowest BCUT2D eigenvalue weighted by Crippen LogP contribution is -2.16. The molecule has 2 unspecified atom stereocenters. The Kier molecular flexibility index (Phi) is 5.32. The maximum Gasteiger partial charge on any atom is 0.163 e. The van der Waals surface area contributed by atoms with Crippen molar-refractivity contribution < 1.29 is 13.9 Å². The number of nitrogens with one attached hydrogen (secondary N) is 1. The van der Waals surface area contributed by atoms with E-state index >= 15 is 0 Å². The van der Waals surface area contributed by atoms with Gasteiger partial charge in [0.25, 0.3) is 0 Å². The van der Waals surface area contributed by atoms with Crippen molar-refractivity contribution in [3.05, 3.63) is 65.3 Å². The summed E-state index contributed by atoms with van der Waals surface area (Å²) in [5, 5.41) is 4.42. The number of halogens is 1. The van der Waals surface area contributed by atoms with Gasteiger partial charge in [-0.2, -0.15) is 0 Å². The van der Waals surface area contributed by atoms with Gasteiger partial charge in [-0.25, -0.2) is 4.39 Å². The summed E-state index contributed by atoms with van der Waals surface area (Å²) in [6, 6.07) is 3.75. The van der Waals surface area contributed by atoms with Crippen molar-refractivity contribution >= 4 is 26.6 Å². The number of aromatic nitrogens is 1. The van der Waals surface area contributed by atoms with Gasteiger partial charge in [-0.15, -0.1) is 11.3 Å². The summed E-state index contributed by atoms with van der Waals surface area (Å²) in [5.41, 5.74) is 8.20. The minimum absolute atomic E-state index is 0.117. The van der Waals surface area contributed by atoms with Crippen LogP contribution in [-0.4, -0.2) is 12.1 Å². The number of anilines is 1. The monoisotopic (exact) mass is 413 g/mol. The van der Waals surface area contributed by atoms with Crippen molar-refractivity contribution in [1.29, 1.82) is 0 Å². The van der Waals surface area contributed by atoms with Gasteiger partial charge in [0.15, 0.2) is 5.83 Å². The van der Waals surface area contributed by atoms with E-state index in [2.05, 4.69) is 23.3 Å². The highest BCUT2D eigenvalue weighted by molar-refractivity contribution is 7.23. The SMILES string of the molecule is COC1=CC(C)CC(Nc2cc3nccc(OC4=C(F)C=C(N)CC4C)c3s2)=C1. The molecule has 0 aliphatic heterocycles.